The third-order valence-electron chi connectivity index (χ3n) is 7.48. The maximum absolute atomic E-state index is 11.7. The maximum atomic E-state index is 11.7. The number of benzene rings is 1. The van der Waals surface area contributed by atoms with Crippen LogP contribution >= 0.6 is 0 Å². The van der Waals surface area contributed by atoms with E-state index in [1.165, 1.54) is 83.1 Å². The fourth-order valence-corrected chi connectivity index (χ4v) is 5.89. The zero-order valence-electron chi connectivity index (χ0n) is 22.7. The molecular weight excluding hydrogens is 422 g/mol. The predicted molar refractivity (Wildman–Crippen MR) is 148 cm³/mol. The molecule has 0 radical (unpaired) electrons. The van der Waals surface area contributed by atoms with E-state index >= 15 is 0 Å². The number of hydrogen-bond donors (Lipinski definition) is 1. The van der Waals surface area contributed by atoms with Gasteiger partial charge in [0.2, 0.25) is 0 Å². The van der Waals surface area contributed by atoms with Crippen LogP contribution in [0.25, 0.3) is 0 Å². The second kappa shape index (κ2) is 16.4. The number of carbonyl (C=O) groups excluding carboxylic acids is 1. The molecule has 0 atom stereocenters. The van der Waals surface area contributed by atoms with Gasteiger partial charge in [-0.3, -0.25) is 0 Å². The Labute approximate surface area is 206 Å². The molecule has 0 bridgehead atoms. The Bertz CT molecular complexity index is 634. The molecule has 0 spiro atoms. The fourth-order valence-electron chi connectivity index (χ4n) is 4.01. The minimum Gasteiger partial charge on any atom is -0.462 e. The lowest BCUT2D eigenvalue weighted by atomic mass is 10.1. The summed E-state index contributed by atoms with van der Waals surface area (Å²) < 4.78 is 5.02. The first-order chi connectivity index (χ1) is 15.7. The van der Waals surface area contributed by atoms with E-state index in [4.69, 9.17) is 4.74 Å². The lowest BCUT2D eigenvalue weighted by Crippen LogP contribution is -2.36. The molecule has 0 unspecified atom stereocenters. The summed E-state index contributed by atoms with van der Waals surface area (Å²) in [6, 6.07) is 9.07. The van der Waals surface area contributed by atoms with Crippen LogP contribution in [0.2, 0.25) is 24.2 Å². The van der Waals surface area contributed by atoms with Crippen molar-refractivity contribution >= 4 is 19.7 Å². The number of ether oxygens (including phenoxy) is 1. The van der Waals surface area contributed by atoms with Gasteiger partial charge in [0.05, 0.1) is 20.2 Å². The summed E-state index contributed by atoms with van der Waals surface area (Å²) in [6.45, 7) is 15.7. The molecule has 1 N–H and O–H groups in total. The van der Waals surface area contributed by atoms with Gasteiger partial charge in [-0.25, -0.2) is 4.79 Å². The Morgan fingerprint density at radius 3 is 1.70 bits per heavy atom. The van der Waals surface area contributed by atoms with Gasteiger partial charge in [0.25, 0.3) is 0 Å². The number of nitrogens with one attached hydrogen (secondary N) is 1. The van der Waals surface area contributed by atoms with Crippen molar-refractivity contribution in [2.75, 3.05) is 18.5 Å². The summed E-state index contributed by atoms with van der Waals surface area (Å²) in [4.78, 5) is 11.7. The van der Waals surface area contributed by atoms with Crippen molar-refractivity contribution in [3.05, 3.63) is 29.8 Å². The van der Waals surface area contributed by atoms with E-state index in [-0.39, 0.29) is 5.97 Å². The zero-order valence-corrected chi connectivity index (χ0v) is 23.7. The monoisotopic (exact) mass is 475 g/mol. The first kappa shape index (κ1) is 29.7. The molecule has 4 heteroatoms. The van der Waals surface area contributed by atoms with E-state index in [2.05, 4.69) is 39.2 Å². The van der Waals surface area contributed by atoms with Crippen LogP contribution in [0.4, 0.5) is 5.69 Å². The van der Waals surface area contributed by atoms with Crippen LogP contribution in [-0.4, -0.2) is 27.2 Å². The number of esters is 1. The summed E-state index contributed by atoms with van der Waals surface area (Å²) >= 11 is 0. The van der Waals surface area contributed by atoms with Crippen molar-refractivity contribution < 1.29 is 9.53 Å². The van der Waals surface area contributed by atoms with E-state index in [0.717, 1.165) is 12.2 Å². The Kier molecular flexibility index (Phi) is 14.7. The zero-order chi connectivity index (χ0) is 24.6. The van der Waals surface area contributed by atoms with Gasteiger partial charge in [-0.15, -0.1) is 0 Å². The summed E-state index contributed by atoms with van der Waals surface area (Å²) in [5.74, 6) is -0.249. The first-order valence-corrected chi connectivity index (χ1v) is 16.9. The van der Waals surface area contributed by atoms with E-state index in [1.54, 1.807) is 0 Å². The maximum Gasteiger partial charge on any atom is 0.338 e. The number of rotatable bonds is 18. The van der Waals surface area contributed by atoms with Gasteiger partial charge in [0, 0.05) is 12.2 Å². The molecule has 0 aliphatic heterocycles. The molecule has 0 amide bonds. The Balaban J connectivity index is 1.89. The number of carbonyl (C=O) groups is 1. The average Bonchev–Trinajstić information content (AvgIpc) is 2.76. The highest BCUT2D eigenvalue weighted by Gasteiger charge is 2.33. The van der Waals surface area contributed by atoms with Gasteiger partial charge in [0.1, 0.15) is 0 Å². The van der Waals surface area contributed by atoms with Crippen LogP contribution in [0, 0.1) is 0 Å². The molecule has 1 rings (SSSR count). The molecule has 0 fully saturated rings. The highest BCUT2D eigenvalue weighted by atomic mass is 28.3. The van der Waals surface area contributed by atoms with Crippen LogP contribution in [0.5, 0.6) is 0 Å². The van der Waals surface area contributed by atoms with E-state index in [1.807, 2.05) is 31.2 Å². The van der Waals surface area contributed by atoms with E-state index in [0.29, 0.717) is 17.2 Å². The molecule has 1 aromatic rings. The lowest BCUT2D eigenvalue weighted by Gasteiger charge is -2.37. The molecule has 0 saturated carbocycles. The highest BCUT2D eigenvalue weighted by Crippen LogP contribution is 2.39. The van der Waals surface area contributed by atoms with Crippen LogP contribution < -0.4 is 5.32 Å². The quantitative estimate of drug-likeness (QED) is 0.130. The third kappa shape index (κ3) is 13.2. The molecule has 0 heterocycles. The average molecular weight is 476 g/mol. The molecular formula is C29H53NO2Si. The summed E-state index contributed by atoms with van der Waals surface area (Å²) in [5.41, 5.74) is 1.69. The van der Waals surface area contributed by atoms with Crippen LogP contribution in [-0.2, 0) is 4.74 Å². The van der Waals surface area contributed by atoms with Crippen molar-refractivity contribution in [1.29, 1.82) is 0 Å². The van der Waals surface area contributed by atoms with Gasteiger partial charge in [-0.1, -0.05) is 111 Å². The minimum absolute atomic E-state index is 0.249. The fraction of sp³-hybridized carbons (Fsp3) is 0.759. The minimum atomic E-state index is -1.05. The van der Waals surface area contributed by atoms with Gasteiger partial charge in [-0.2, -0.15) is 0 Å². The lowest BCUT2D eigenvalue weighted by molar-refractivity contribution is 0.0526. The summed E-state index contributed by atoms with van der Waals surface area (Å²) in [5, 5.41) is 3.99. The molecule has 0 aliphatic rings. The van der Waals surface area contributed by atoms with Crippen molar-refractivity contribution in [2.45, 2.75) is 129 Å². The topological polar surface area (TPSA) is 38.3 Å². The largest absolute Gasteiger partial charge is 0.462 e. The van der Waals surface area contributed by atoms with Crippen molar-refractivity contribution in [1.82, 2.24) is 0 Å². The highest BCUT2D eigenvalue weighted by molar-refractivity contribution is 6.80. The SMILES string of the molecule is CCOC(=O)c1ccc(NCCCCCCCCCCCCCC[Si](C)(C)C(C)(C)C)cc1. The molecule has 3 nitrogen and oxygen atoms in total. The Morgan fingerprint density at radius 1 is 0.788 bits per heavy atom. The first-order valence-electron chi connectivity index (χ1n) is 13.7. The second-order valence-corrected chi connectivity index (χ2v) is 17.1. The Hall–Kier alpha value is -1.29. The van der Waals surface area contributed by atoms with Crippen molar-refractivity contribution in [3.8, 4) is 0 Å². The van der Waals surface area contributed by atoms with Crippen molar-refractivity contribution in [2.24, 2.45) is 0 Å². The van der Waals surface area contributed by atoms with E-state index in [9.17, 15) is 4.79 Å². The molecule has 0 aromatic heterocycles. The molecule has 1 aromatic carbocycles. The summed E-state index contributed by atoms with van der Waals surface area (Å²) in [7, 11) is -1.05. The van der Waals surface area contributed by atoms with Crippen LogP contribution in [0.3, 0.4) is 0 Å². The number of hydrogen-bond acceptors (Lipinski definition) is 3. The van der Waals surface area contributed by atoms with Crippen LogP contribution in [0.1, 0.15) is 115 Å². The molecule has 0 aliphatic carbocycles. The smallest absolute Gasteiger partial charge is 0.338 e. The van der Waals surface area contributed by atoms with Gasteiger partial charge in [-0.05, 0) is 42.6 Å². The molecule has 33 heavy (non-hydrogen) atoms. The normalized spacial score (nSPS) is 12.1. The van der Waals surface area contributed by atoms with Gasteiger partial charge in [0.15, 0.2) is 0 Å². The predicted octanol–water partition coefficient (Wildman–Crippen LogP) is 9.46. The van der Waals surface area contributed by atoms with Gasteiger partial charge >= 0.3 is 5.97 Å². The second-order valence-electron chi connectivity index (χ2n) is 11.4. The summed E-state index contributed by atoms with van der Waals surface area (Å²) in [6.07, 6.45) is 16.6. The van der Waals surface area contributed by atoms with Crippen LogP contribution in [0.15, 0.2) is 24.3 Å². The standard InChI is InChI=1S/C29H53NO2Si/c1-7-32-28(31)26-20-22-27(23-21-26)30-24-18-16-14-12-10-8-9-11-13-15-17-19-25-33(5,6)29(2,3)4/h20-23,30H,7-19,24-25H2,1-6H3. The van der Waals surface area contributed by atoms with E-state index < -0.39 is 8.07 Å². The Morgan fingerprint density at radius 2 is 1.24 bits per heavy atom. The number of unbranched alkanes of at least 4 members (excludes halogenated alkanes) is 11. The molecule has 190 valence electrons. The number of anilines is 1. The van der Waals surface area contributed by atoms with Crippen molar-refractivity contribution in [3.63, 3.8) is 0 Å². The molecule has 0 saturated heterocycles. The van der Waals surface area contributed by atoms with Gasteiger partial charge < -0.3 is 10.1 Å². The third-order valence-corrected chi connectivity index (χ3v) is 13.1.